The lowest BCUT2D eigenvalue weighted by molar-refractivity contribution is 0.0427. The Kier molecular flexibility index (Phi) is 5.72. The van der Waals surface area contributed by atoms with Gasteiger partial charge >= 0.3 is 11.9 Å². The predicted molar refractivity (Wildman–Crippen MR) is 94.8 cm³/mol. The molecule has 8 nitrogen and oxygen atoms in total. The molecule has 1 N–H and O–H groups in total. The minimum absolute atomic E-state index is 0.164. The van der Waals surface area contributed by atoms with Gasteiger partial charge in [0.05, 0.1) is 24.1 Å². The van der Waals surface area contributed by atoms with Crippen molar-refractivity contribution in [1.29, 1.82) is 0 Å². The molecule has 0 fully saturated rings. The maximum atomic E-state index is 12.2. The summed E-state index contributed by atoms with van der Waals surface area (Å²) in [6, 6.07) is 7.70. The largest absolute Gasteiger partial charge is 0.465 e. The van der Waals surface area contributed by atoms with Crippen molar-refractivity contribution in [2.24, 2.45) is 0 Å². The van der Waals surface area contributed by atoms with Crippen LogP contribution in [0, 0.1) is 0 Å². The molecule has 0 unspecified atom stereocenters. The first-order valence-corrected chi connectivity index (χ1v) is 8.75. The highest BCUT2D eigenvalue weighted by atomic mass is 32.1. The summed E-state index contributed by atoms with van der Waals surface area (Å²) in [6.07, 6.45) is 2.72. The molecule has 3 rings (SSSR count). The first-order valence-electron chi connectivity index (χ1n) is 7.93. The third-order valence-corrected chi connectivity index (χ3v) is 4.34. The van der Waals surface area contributed by atoms with Crippen molar-refractivity contribution >= 4 is 34.2 Å². The van der Waals surface area contributed by atoms with Crippen molar-refractivity contribution in [3.05, 3.63) is 64.8 Å². The van der Waals surface area contributed by atoms with E-state index in [-0.39, 0.29) is 35.2 Å². The molecule has 0 aromatic carbocycles. The summed E-state index contributed by atoms with van der Waals surface area (Å²) in [4.78, 5) is 36.2. The average Bonchev–Trinajstić information content (AvgIpc) is 3.40. The minimum atomic E-state index is -0.607. The van der Waals surface area contributed by atoms with Gasteiger partial charge in [-0.2, -0.15) is 0 Å². The lowest BCUT2D eigenvalue weighted by Gasteiger charge is -2.04. The summed E-state index contributed by atoms with van der Waals surface area (Å²) in [5.41, 5.74) is 0.210. The number of carbonyl (C=O) groups excluding carboxylic acids is 3. The van der Waals surface area contributed by atoms with E-state index in [0.717, 1.165) is 11.3 Å². The topological polar surface area (TPSA) is 108 Å². The van der Waals surface area contributed by atoms with Crippen molar-refractivity contribution < 1.29 is 32.7 Å². The van der Waals surface area contributed by atoms with Gasteiger partial charge in [-0.25, -0.2) is 9.59 Å². The number of nitrogens with one attached hydrogen (secondary N) is 1. The highest BCUT2D eigenvalue weighted by Gasteiger charge is 2.19. The van der Waals surface area contributed by atoms with Crippen LogP contribution in [0.1, 0.15) is 43.3 Å². The summed E-state index contributed by atoms with van der Waals surface area (Å²) < 4.78 is 20.3. The number of carbonyl (C=O) groups is 3. The van der Waals surface area contributed by atoms with E-state index < -0.39 is 17.8 Å². The Morgan fingerprint density at radius 3 is 2.63 bits per heavy atom. The fourth-order valence-electron chi connectivity index (χ4n) is 2.14. The lowest BCUT2D eigenvalue weighted by Crippen LogP contribution is -2.09. The molecule has 3 aromatic heterocycles. The Labute approximate surface area is 157 Å². The third-order valence-electron chi connectivity index (χ3n) is 3.36. The van der Waals surface area contributed by atoms with Crippen molar-refractivity contribution in [3.63, 3.8) is 0 Å². The highest BCUT2D eigenvalue weighted by Crippen LogP contribution is 2.24. The standard InChI is InChI=1S/C18H15NO7S/c1-2-23-17(21)11-7-9-25-13(11)10-26-18(22)14-5-6-15(27-14)19-16(20)12-4-3-8-24-12/h3-9H,2,10H2,1H3,(H,19,20). The van der Waals surface area contributed by atoms with Gasteiger partial charge in [-0.3, -0.25) is 4.79 Å². The Morgan fingerprint density at radius 2 is 1.89 bits per heavy atom. The van der Waals surface area contributed by atoms with Crippen LogP contribution in [0.4, 0.5) is 5.00 Å². The Balaban J connectivity index is 1.58. The van der Waals surface area contributed by atoms with Gasteiger partial charge in [-0.05, 0) is 37.3 Å². The molecule has 0 saturated heterocycles. The van der Waals surface area contributed by atoms with Gasteiger partial charge in [0.15, 0.2) is 18.1 Å². The van der Waals surface area contributed by atoms with Crippen molar-refractivity contribution in [2.75, 3.05) is 11.9 Å². The van der Waals surface area contributed by atoms with Crippen LogP contribution >= 0.6 is 11.3 Å². The molecule has 0 aliphatic heterocycles. The van der Waals surface area contributed by atoms with Gasteiger partial charge in [-0.15, -0.1) is 11.3 Å². The molecule has 0 bridgehead atoms. The van der Waals surface area contributed by atoms with Gasteiger partial charge < -0.3 is 23.6 Å². The van der Waals surface area contributed by atoms with E-state index in [0.29, 0.717) is 5.00 Å². The van der Waals surface area contributed by atoms with Crippen molar-refractivity contribution in [2.45, 2.75) is 13.5 Å². The Hall–Kier alpha value is -3.33. The second-order valence-electron chi connectivity index (χ2n) is 5.15. The molecule has 3 heterocycles. The van der Waals surface area contributed by atoms with E-state index in [1.807, 2.05) is 0 Å². The summed E-state index contributed by atoms with van der Waals surface area (Å²) >= 11 is 1.05. The summed E-state index contributed by atoms with van der Waals surface area (Å²) in [6.45, 7) is 1.70. The maximum absolute atomic E-state index is 12.2. The van der Waals surface area contributed by atoms with Gasteiger partial charge in [0.2, 0.25) is 0 Å². The van der Waals surface area contributed by atoms with Gasteiger partial charge in [-0.1, -0.05) is 0 Å². The summed E-state index contributed by atoms with van der Waals surface area (Å²) in [5.74, 6) is -1.21. The number of esters is 2. The van der Waals surface area contributed by atoms with Crippen LogP contribution in [0.5, 0.6) is 0 Å². The second-order valence-corrected chi connectivity index (χ2v) is 6.23. The van der Waals surface area contributed by atoms with Crippen molar-refractivity contribution in [1.82, 2.24) is 0 Å². The Morgan fingerprint density at radius 1 is 1.04 bits per heavy atom. The number of hydrogen-bond acceptors (Lipinski definition) is 8. The molecule has 0 aliphatic carbocycles. The molecule has 0 saturated carbocycles. The normalized spacial score (nSPS) is 10.4. The third kappa shape index (κ3) is 4.45. The highest BCUT2D eigenvalue weighted by molar-refractivity contribution is 7.18. The van der Waals surface area contributed by atoms with Gasteiger partial charge in [0.25, 0.3) is 5.91 Å². The first kappa shape index (κ1) is 18.5. The summed E-state index contributed by atoms with van der Waals surface area (Å²) in [5, 5.41) is 3.09. The van der Waals surface area contributed by atoms with Gasteiger partial charge in [0, 0.05) is 0 Å². The molecular weight excluding hydrogens is 374 g/mol. The molecular formula is C18H15NO7S. The van der Waals surface area contributed by atoms with Gasteiger partial charge in [0.1, 0.15) is 10.4 Å². The zero-order chi connectivity index (χ0) is 19.2. The molecule has 27 heavy (non-hydrogen) atoms. The van der Waals surface area contributed by atoms with E-state index in [4.69, 9.17) is 18.3 Å². The minimum Gasteiger partial charge on any atom is -0.465 e. The van der Waals surface area contributed by atoms with Crippen LogP contribution in [0.15, 0.2) is 51.7 Å². The van der Waals surface area contributed by atoms with E-state index in [9.17, 15) is 14.4 Å². The quantitative estimate of drug-likeness (QED) is 0.614. The van der Waals surface area contributed by atoms with Crippen LogP contribution < -0.4 is 5.32 Å². The predicted octanol–water partition coefficient (Wildman–Crippen LogP) is 3.72. The van der Waals surface area contributed by atoms with Crippen LogP contribution in [0.2, 0.25) is 0 Å². The fraction of sp³-hybridized carbons (Fsp3) is 0.167. The van der Waals surface area contributed by atoms with Crippen LogP contribution in [-0.4, -0.2) is 24.5 Å². The van der Waals surface area contributed by atoms with E-state index in [1.54, 1.807) is 19.1 Å². The molecule has 3 aromatic rings. The maximum Gasteiger partial charge on any atom is 0.348 e. The molecule has 0 radical (unpaired) electrons. The molecule has 9 heteroatoms. The molecule has 0 atom stereocenters. The van der Waals surface area contributed by atoms with Crippen LogP contribution in [-0.2, 0) is 16.1 Å². The number of furan rings is 2. The zero-order valence-electron chi connectivity index (χ0n) is 14.2. The number of anilines is 1. The number of hydrogen-bond donors (Lipinski definition) is 1. The molecule has 0 aliphatic rings. The number of ether oxygens (including phenoxy) is 2. The number of thiophene rings is 1. The summed E-state index contributed by atoms with van der Waals surface area (Å²) in [7, 11) is 0. The fourth-order valence-corrected chi connectivity index (χ4v) is 2.94. The first-order chi connectivity index (χ1) is 13.1. The molecule has 1 amide bonds. The van der Waals surface area contributed by atoms with E-state index >= 15 is 0 Å². The SMILES string of the molecule is CCOC(=O)c1ccoc1COC(=O)c1ccc(NC(=O)c2ccco2)s1. The smallest absolute Gasteiger partial charge is 0.348 e. The number of rotatable bonds is 7. The molecule has 140 valence electrons. The second kappa shape index (κ2) is 8.37. The van der Waals surface area contributed by atoms with Crippen LogP contribution in [0.3, 0.4) is 0 Å². The zero-order valence-corrected chi connectivity index (χ0v) is 15.0. The molecule has 0 spiro atoms. The van der Waals surface area contributed by atoms with E-state index in [1.165, 1.54) is 30.7 Å². The van der Waals surface area contributed by atoms with Crippen molar-refractivity contribution in [3.8, 4) is 0 Å². The van der Waals surface area contributed by atoms with Crippen LogP contribution in [0.25, 0.3) is 0 Å². The monoisotopic (exact) mass is 389 g/mol. The Bertz CT molecular complexity index is 939. The van der Waals surface area contributed by atoms with E-state index in [2.05, 4.69) is 5.32 Å². The lowest BCUT2D eigenvalue weighted by atomic mass is 10.2. The number of amides is 1. The average molecular weight is 389 g/mol.